The number of carbonyl (C=O) groups excluding carboxylic acids is 1. The number of guanidine groups is 1. The van der Waals surface area contributed by atoms with Crippen molar-refractivity contribution in [2.75, 3.05) is 39.3 Å². The molecule has 3 aliphatic rings. The van der Waals surface area contributed by atoms with Crippen molar-refractivity contribution in [2.45, 2.75) is 57.9 Å². The van der Waals surface area contributed by atoms with Gasteiger partial charge >= 0.3 is 6.09 Å². The molecule has 30 heavy (non-hydrogen) atoms. The molecule has 3 fully saturated rings. The van der Waals surface area contributed by atoms with Crippen LogP contribution in [0.15, 0.2) is 27.8 Å². The Morgan fingerprint density at radius 3 is 2.53 bits per heavy atom. The monoisotopic (exact) mass is 416 g/mol. The Kier molecular flexibility index (Phi) is 7.18. The first-order valence-electron chi connectivity index (χ1n) is 11.7. The first-order valence-corrected chi connectivity index (χ1v) is 11.7. The van der Waals surface area contributed by atoms with Gasteiger partial charge in [0.2, 0.25) is 0 Å². The summed E-state index contributed by atoms with van der Waals surface area (Å²) < 4.78 is 10.6. The van der Waals surface area contributed by atoms with Gasteiger partial charge in [0.25, 0.3) is 0 Å². The van der Waals surface area contributed by atoms with Crippen molar-refractivity contribution in [1.29, 1.82) is 0 Å². The fraction of sp³-hybridized carbons (Fsp3) is 0.739. The highest BCUT2D eigenvalue weighted by atomic mass is 16.6. The summed E-state index contributed by atoms with van der Waals surface area (Å²) in [5.41, 5.74) is 0. The van der Waals surface area contributed by atoms with Crippen LogP contribution >= 0.6 is 0 Å². The van der Waals surface area contributed by atoms with Crippen molar-refractivity contribution >= 4 is 12.1 Å². The van der Waals surface area contributed by atoms with E-state index >= 15 is 0 Å². The Morgan fingerprint density at radius 1 is 1.17 bits per heavy atom. The van der Waals surface area contributed by atoms with Gasteiger partial charge in [-0.1, -0.05) is 12.8 Å². The summed E-state index contributed by atoms with van der Waals surface area (Å²) in [5, 5.41) is 3.75. The molecule has 2 unspecified atom stereocenters. The van der Waals surface area contributed by atoms with Gasteiger partial charge in [-0.2, -0.15) is 0 Å². The number of carbonyl (C=O) groups is 1. The molecular weight excluding hydrogens is 380 g/mol. The average Bonchev–Trinajstić information content (AvgIpc) is 3.43. The highest BCUT2D eigenvalue weighted by Gasteiger charge is 2.36. The zero-order chi connectivity index (χ0) is 20.8. The lowest BCUT2D eigenvalue weighted by Crippen LogP contribution is -2.50. The average molecular weight is 417 g/mol. The zero-order valence-electron chi connectivity index (χ0n) is 18.2. The first-order chi connectivity index (χ1) is 14.7. The lowest BCUT2D eigenvalue weighted by molar-refractivity contribution is 0.0961. The van der Waals surface area contributed by atoms with Gasteiger partial charge in [-0.05, 0) is 56.6 Å². The van der Waals surface area contributed by atoms with Crippen molar-refractivity contribution in [3.63, 3.8) is 0 Å². The van der Waals surface area contributed by atoms with E-state index in [9.17, 15) is 4.79 Å². The van der Waals surface area contributed by atoms with Crippen LogP contribution in [0.1, 0.15) is 51.2 Å². The SMILES string of the molecule is CCOC(=O)N1CCC(NC(=NCCc2ccco2)N2CC3CCCCC3C2)CC1. The molecule has 0 aromatic carbocycles. The van der Waals surface area contributed by atoms with Gasteiger partial charge in [0.1, 0.15) is 5.76 Å². The fourth-order valence-corrected chi connectivity index (χ4v) is 5.15. The predicted molar refractivity (Wildman–Crippen MR) is 116 cm³/mol. The van der Waals surface area contributed by atoms with Crippen LogP contribution < -0.4 is 5.32 Å². The van der Waals surface area contributed by atoms with Crippen LogP contribution in [0.5, 0.6) is 0 Å². The number of hydrogen-bond acceptors (Lipinski definition) is 4. The molecule has 2 aliphatic heterocycles. The Morgan fingerprint density at radius 2 is 1.90 bits per heavy atom. The summed E-state index contributed by atoms with van der Waals surface area (Å²) in [7, 11) is 0. The van der Waals surface area contributed by atoms with Gasteiger partial charge in [-0.3, -0.25) is 4.99 Å². The van der Waals surface area contributed by atoms with Gasteiger partial charge in [0.05, 0.1) is 12.9 Å². The smallest absolute Gasteiger partial charge is 0.409 e. The van der Waals surface area contributed by atoms with Crippen molar-refractivity contribution in [2.24, 2.45) is 16.8 Å². The van der Waals surface area contributed by atoms with Gasteiger partial charge < -0.3 is 24.3 Å². The van der Waals surface area contributed by atoms with Crippen LogP contribution in [-0.4, -0.2) is 67.2 Å². The minimum absolute atomic E-state index is 0.188. The highest BCUT2D eigenvalue weighted by Crippen LogP contribution is 2.36. The van der Waals surface area contributed by atoms with E-state index in [4.69, 9.17) is 14.1 Å². The number of piperidine rings is 1. The summed E-state index contributed by atoms with van der Waals surface area (Å²) >= 11 is 0. The Bertz CT molecular complexity index is 683. The molecule has 1 amide bonds. The van der Waals surface area contributed by atoms with E-state index in [0.29, 0.717) is 12.6 Å². The quantitative estimate of drug-likeness (QED) is 0.588. The van der Waals surface area contributed by atoms with E-state index in [1.54, 1.807) is 6.26 Å². The van der Waals surface area contributed by atoms with Gasteiger partial charge in [0, 0.05) is 45.2 Å². The van der Waals surface area contributed by atoms with Crippen molar-refractivity contribution in [3.05, 3.63) is 24.2 Å². The third kappa shape index (κ3) is 5.29. The molecular formula is C23H36N4O3. The zero-order valence-corrected chi connectivity index (χ0v) is 18.2. The first kappa shape index (κ1) is 21.1. The predicted octanol–water partition coefficient (Wildman–Crippen LogP) is 3.51. The third-order valence-corrected chi connectivity index (χ3v) is 6.83. The Balaban J connectivity index is 1.36. The lowest BCUT2D eigenvalue weighted by Gasteiger charge is -2.34. The maximum atomic E-state index is 12.0. The number of hydrogen-bond donors (Lipinski definition) is 1. The van der Waals surface area contributed by atoms with E-state index < -0.39 is 0 Å². The molecule has 0 spiro atoms. The minimum atomic E-state index is -0.188. The third-order valence-electron chi connectivity index (χ3n) is 6.83. The van der Waals surface area contributed by atoms with Crippen LogP contribution in [0.2, 0.25) is 0 Å². The molecule has 3 heterocycles. The number of likely N-dealkylation sites (tertiary alicyclic amines) is 2. The summed E-state index contributed by atoms with van der Waals surface area (Å²) in [6.45, 7) is 6.73. The molecule has 1 aliphatic carbocycles. The van der Waals surface area contributed by atoms with Crippen LogP contribution in [0.25, 0.3) is 0 Å². The second-order valence-corrected chi connectivity index (χ2v) is 8.85. The maximum absolute atomic E-state index is 12.0. The van der Waals surface area contributed by atoms with Crippen molar-refractivity contribution in [3.8, 4) is 0 Å². The molecule has 7 nitrogen and oxygen atoms in total. The number of nitrogens with one attached hydrogen (secondary N) is 1. The number of amides is 1. The number of nitrogens with zero attached hydrogens (tertiary/aromatic N) is 3. The molecule has 7 heteroatoms. The second-order valence-electron chi connectivity index (χ2n) is 8.85. The van der Waals surface area contributed by atoms with Crippen LogP contribution in [0.4, 0.5) is 4.79 Å². The largest absolute Gasteiger partial charge is 0.469 e. The molecule has 166 valence electrons. The molecule has 0 radical (unpaired) electrons. The molecule has 1 saturated carbocycles. The van der Waals surface area contributed by atoms with E-state index in [2.05, 4.69) is 10.2 Å². The van der Waals surface area contributed by atoms with E-state index in [1.165, 1.54) is 25.7 Å². The standard InChI is InChI=1S/C23H36N4O3/c1-2-29-23(28)26-13-10-20(11-14-26)25-22(24-12-9-21-8-5-15-30-21)27-16-18-6-3-4-7-19(18)17-27/h5,8,15,18-20H,2-4,6-7,9-14,16-17H2,1H3,(H,24,25). The Hall–Kier alpha value is -2.18. The normalized spacial score (nSPS) is 25.3. The topological polar surface area (TPSA) is 70.3 Å². The van der Waals surface area contributed by atoms with E-state index in [0.717, 1.165) is 75.5 Å². The van der Waals surface area contributed by atoms with E-state index in [1.807, 2.05) is 24.0 Å². The van der Waals surface area contributed by atoms with Gasteiger partial charge in [-0.25, -0.2) is 4.79 Å². The summed E-state index contributed by atoms with van der Waals surface area (Å²) in [6, 6.07) is 4.29. The minimum Gasteiger partial charge on any atom is -0.469 e. The summed E-state index contributed by atoms with van der Waals surface area (Å²) in [4.78, 5) is 21.3. The highest BCUT2D eigenvalue weighted by molar-refractivity contribution is 5.80. The molecule has 4 rings (SSSR count). The van der Waals surface area contributed by atoms with Crippen LogP contribution in [0, 0.1) is 11.8 Å². The number of furan rings is 1. The van der Waals surface area contributed by atoms with Crippen LogP contribution in [-0.2, 0) is 11.2 Å². The van der Waals surface area contributed by atoms with Gasteiger partial charge in [-0.15, -0.1) is 0 Å². The maximum Gasteiger partial charge on any atom is 0.409 e. The molecule has 2 atom stereocenters. The number of rotatable bonds is 5. The van der Waals surface area contributed by atoms with Crippen LogP contribution in [0.3, 0.4) is 0 Å². The fourth-order valence-electron chi connectivity index (χ4n) is 5.15. The molecule has 1 aromatic heterocycles. The summed E-state index contributed by atoms with van der Waals surface area (Å²) in [5.74, 6) is 3.67. The second kappa shape index (κ2) is 10.2. The molecule has 0 bridgehead atoms. The molecule has 1 aromatic rings. The number of fused-ring (bicyclic) bond motifs is 1. The molecule has 2 saturated heterocycles. The van der Waals surface area contributed by atoms with Crippen molar-refractivity contribution in [1.82, 2.24) is 15.1 Å². The van der Waals surface area contributed by atoms with E-state index in [-0.39, 0.29) is 6.09 Å². The summed E-state index contributed by atoms with van der Waals surface area (Å²) in [6.07, 6.45) is 9.68. The molecule has 1 N–H and O–H groups in total. The Labute approximate surface area is 179 Å². The lowest BCUT2D eigenvalue weighted by atomic mass is 9.82. The number of aliphatic imine (C=N–C) groups is 1. The number of ether oxygens (including phenoxy) is 1. The van der Waals surface area contributed by atoms with Gasteiger partial charge in [0.15, 0.2) is 5.96 Å². The van der Waals surface area contributed by atoms with Crippen molar-refractivity contribution < 1.29 is 13.9 Å².